The van der Waals surface area contributed by atoms with Crippen molar-refractivity contribution in [3.05, 3.63) is 119 Å². The quantitative estimate of drug-likeness (QED) is 0.213. The van der Waals surface area contributed by atoms with Gasteiger partial charge >= 0.3 is 12.1 Å². The van der Waals surface area contributed by atoms with Gasteiger partial charge in [0.2, 0.25) is 0 Å². The number of rotatable bonds is 10. The number of aliphatic hydroxyl groups is 1. The first-order valence-corrected chi connectivity index (χ1v) is 12.6. The number of esters is 1. The zero-order valence-electron chi connectivity index (χ0n) is 22.1. The van der Waals surface area contributed by atoms with Crippen molar-refractivity contribution in [1.82, 2.24) is 19.7 Å². The third-order valence-corrected chi connectivity index (χ3v) is 6.69. The highest BCUT2D eigenvalue weighted by molar-refractivity contribution is 5.96. The van der Waals surface area contributed by atoms with Crippen molar-refractivity contribution >= 4 is 11.9 Å². The van der Waals surface area contributed by atoms with Crippen molar-refractivity contribution in [3.63, 3.8) is 0 Å². The van der Waals surface area contributed by atoms with Gasteiger partial charge in [-0.3, -0.25) is 9.59 Å². The highest BCUT2D eigenvalue weighted by Gasteiger charge is 2.44. The number of amides is 1. The molecule has 1 N–H and O–H groups in total. The molecule has 0 unspecified atom stereocenters. The molecule has 8 nitrogen and oxygen atoms in total. The van der Waals surface area contributed by atoms with Crippen LogP contribution in [0.1, 0.15) is 34.0 Å². The number of benzene rings is 3. The van der Waals surface area contributed by atoms with Crippen LogP contribution in [0.5, 0.6) is 0 Å². The molecule has 2 atom stereocenters. The van der Waals surface area contributed by atoms with Gasteiger partial charge in [-0.1, -0.05) is 36.4 Å². The van der Waals surface area contributed by atoms with Crippen LogP contribution >= 0.6 is 0 Å². The summed E-state index contributed by atoms with van der Waals surface area (Å²) < 4.78 is 74.7. The second-order valence-corrected chi connectivity index (χ2v) is 9.47. The number of halogens is 5. The van der Waals surface area contributed by atoms with E-state index < -0.39 is 65.5 Å². The summed E-state index contributed by atoms with van der Waals surface area (Å²) in [4.78, 5) is 31.3. The Morgan fingerprint density at radius 1 is 1.02 bits per heavy atom. The van der Waals surface area contributed by atoms with Gasteiger partial charge < -0.3 is 14.7 Å². The average Bonchev–Trinajstić information content (AvgIpc) is 3.47. The third-order valence-electron chi connectivity index (χ3n) is 6.69. The van der Waals surface area contributed by atoms with E-state index in [2.05, 4.69) is 10.1 Å². The summed E-state index contributed by atoms with van der Waals surface area (Å²) in [6.07, 6.45) is -2.29. The molecule has 1 heterocycles. The molecule has 0 saturated heterocycles. The molecule has 0 aliphatic rings. The Hall–Kier alpha value is -4.65. The summed E-state index contributed by atoms with van der Waals surface area (Å²) >= 11 is 0. The molecule has 0 fully saturated rings. The van der Waals surface area contributed by atoms with E-state index in [0.29, 0.717) is 23.8 Å². The van der Waals surface area contributed by atoms with Crippen LogP contribution in [0.25, 0.3) is 0 Å². The fourth-order valence-corrected chi connectivity index (χ4v) is 4.38. The van der Waals surface area contributed by atoms with E-state index in [4.69, 9.17) is 4.74 Å². The van der Waals surface area contributed by atoms with E-state index in [-0.39, 0.29) is 12.2 Å². The number of hydrogen-bond donors (Lipinski definition) is 1. The minimum absolute atomic E-state index is 0.147. The maximum absolute atomic E-state index is 15.1. The molecule has 0 radical (unpaired) electrons. The minimum Gasteiger partial charge on any atom is -0.459 e. The van der Waals surface area contributed by atoms with Gasteiger partial charge in [-0.25, -0.2) is 18.4 Å². The SMILES string of the molecule is C[C@@H](N(CC(=O)OCc1ccccc1)C(=O)c1ccc(C(F)(F)F)cc1)[C@](O)(Cn1cncn1)c1ccc(F)cc1F. The number of hydrogen-bond acceptors (Lipinski definition) is 6. The number of carbonyl (C=O) groups is 2. The summed E-state index contributed by atoms with van der Waals surface area (Å²) in [5.74, 6) is -3.92. The predicted molar refractivity (Wildman–Crippen MR) is 138 cm³/mol. The number of carbonyl (C=O) groups excluding carboxylic acids is 2. The molecule has 0 spiro atoms. The molecular weight excluding hydrogens is 563 g/mol. The predicted octanol–water partition coefficient (Wildman–Crippen LogP) is 4.74. The molecular formula is C29H25F5N4O4. The van der Waals surface area contributed by atoms with Crippen molar-refractivity contribution < 1.29 is 41.4 Å². The zero-order valence-corrected chi connectivity index (χ0v) is 22.1. The number of aromatic nitrogens is 3. The second-order valence-electron chi connectivity index (χ2n) is 9.47. The normalized spacial score (nSPS) is 13.7. The fourth-order valence-electron chi connectivity index (χ4n) is 4.38. The number of alkyl halides is 3. The Morgan fingerprint density at radius 3 is 2.31 bits per heavy atom. The monoisotopic (exact) mass is 588 g/mol. The van der Waals surface area contributed by atoms with E-state index >= 15 is 4.39 Å². The standard InChI is InChI=1S/C29H25F5N4O4/c1-19(28(41,16-37-18-35-17-36-37)24-12-11-23(30)13-25(24)31)38(14-26(39)42-15-20-5-3-2-4-6-20)27(40)21-7-9-22(10-8-21)29(32,33)34/h2-13,17-19,41H,14-16H2,1H3/t19-,28-/m1/s1. The molecule has 0 bridgehead atoms. The maximum atomic E-state index is 15.1. The molecule has 1 amide bonds. The Bertz CT molecular complexity index is 1520. The first kappa shape index (κ1) is 30.3. The first-order chi connectivity index (χ1) is 19.9. The van der Waals surface area contributed by atoms with Crippen LogP contribution in [0.4, 0.5) is 22.0 Å². The largest absolute Gasteiger partial charge is 0.459 e. The first-order valence-electron chi connectivity index (χ1n) is 12.6. The Balaban J connectivity index is 1.72. The van der Waals surface area contributed by atoms with Gasteiger partial charge in [0, 0.05) is 17.2 Å². The summed E-state index contributed by atoms with van der Waals surface area (Å²) in [5, 5.41) is 15.9. The van der Waals surface area contributed by atoms with E-state index in [1.165, 1.54) is 13.3 Å². The Kier molecular flexibility index (Phi) is 9.00. The molecule has 1 aromatic heterocycles. The van der Waals surface area contributed by atoms with Gasteiger partial charge in [-0.05, 0) is 42.8 Å². The van der Waals surface area contributed by atoms with E-state index in [1.54, 1.807) is 30.3 Å². The molecule has 13 heteroatoms. The second kappa shape index (κ2) is 12.5. The van der Waals surface area contributed by atoms with Crippen LogP contribution in [0.15, 0.2) is 85.5 Å². The summed E-state index contributed by atoms with van der Waals surface area (Å²) in [7, 11) is 0. The molecule has 0 aliphatic carbocycles. The lowest BCUT2D eigenvalue weighted by Gasteiger charge is -2.41. The molecule has 4 rings (SSSR count). The van der Waals surface area contributed by atoms with Crippen LogP contribution in [-0.4, -0.2) is 49.2 Å². The van der Waals surface area contributed by atoms with Gasteiger partial charge in [-0.2, -0.15) is 18.3 Å². The van der Waals surface area contributed by atoms with Crippen LogP contribution in [-0.2, 0) is 34.5 Å². The summed E-state index contributed by atoms with van der Waals surface area (Å²) in [6.45, 7) is -0.0960. The lowest BCUT2D eigenvalue weighted by atomic mass is 9.85. The smallest absolute Gasteiger partial charge is 0.416 e. The number of ether oxygens (including phenoxy) is 1. The molecule has 0 saturated carbocycles. The lowest BCUT2D eigenvalue weighted by Crippen LogP contribution is -2.55. The molecule has 220 valence electrons. The maximum Gasteiger partial charge on any atom is 0.416 e. The highest BCUT2D eigenvalue weighted by atomic mass is 19.4. The van der Waals surface area contributed by atoms with Crippen LogP contribution in [0, 0.1) is 11.6 Å². The van der Waals surface area contributed by atoms with Crippen molar-refractivity contribution in [1.29, 1.82) is 0 Å². The van der Waals surface area contributed by atoms with Gasteiger partial charge in [-0.15, -0.1) is 0 Å². The topological polar surface area (TPSA) is 97.6 Å². The van der Waals surface area contributed by atoms with Crippen molar-refractivity contribution in [2.24, 2.45) is 0 Å². The third kappa shape index (κ3) is 6.97. The summed E-state index contributed by atoms with van der Waals surface area (Å²) in [5.41, 5.74) is -3.36. The Labute approximate surface area is 237 Å². The average molecular weight is 589 g/mol. The van der Waals surface area contributed by atoms with Gasteiger partial charge in [0.15, 0.2) is 0 Å². The summed E-state index contributed by atoms with van der Waals surface area (Å²) in [6, 6.07) is 12.9. The molecule has 0 aliphatic heterocycles. The van der Waals surface area contributed by atoms with Crippen LogP contribution < -0.4 is 0 Å². The van der Waals surface area contributed by atoms with Gasteiger partial charge in [0.05, 0.1) is 18.2 Å². The lowest BCUT2D eigenvalue weighted by molar-refractivity contribution is -0.147. The highest BCUT2D eigenvalue weighted by Crippen LogP contribution is 2.34. The van der Waals surface area contributed by atoms with Crippen molar-refractivity contribution in [2.75, 3.05) is 6.54 Å². The van der Waals surface area contributed by atoms with Crippen molar-refractivity contribution in [3.8, 4) is 0 Å². The van der Waals surface area contributed by atoms with Crippen LogP contribution in [0.2, 0.25) is 0 Å². The van der Waals surface area contributed by atoms with E-state index in [1.807, 2.05) is 0 Å². The van der Waals surface area contributed by atoms with Gasteiger partial charge in [0.25, 0.3) is 5.91 Å². The van der Waals surface area contributed by atoms with Crippen molar-refractivity contribution in [2.45, 2.75) is 37.9 Å². The molecule has 4 aromatic rings. The zero-order chi connectivity index (χ0) is 30.5. The molecule has 3 aromatic carbocycles. The van der Waals surface area contributed by atoms with E-state index in [0.717, 1.165) is 40.2 Å². The fraction of sp³-hybridized carbons (Fsp3) is 0.241. The Morgan fingerprint density at radius 2 is 1.71 bits per heavy atom. The molecule has 42 heavy (non-hydrogen) atoms. The van der Waals surface area contributed by atoms with Gasteiger partial charge in [0.1, 0.15) is 43.0 Å². The van der Waals surface area contributed by atoms with E-state index in [9.17, 15) is 32.3 Å². The minimum atomic E-state index is -4.66. The van der Waals surface area contributed by atoms with Crippen LogP contribution in [0.3, 0.4) is 0 Å². The number of nitrogens with zero attached hydrogens (tertiary/aromatic N) is 4.